The van der Waals surface area contributed by atoms with E-state index in [1.807, 2.05) is 0 Å². The minimum atomic E-state index is -0.0641. The molecular formula is C62H58BN3. The molecule has 0 saturated heterocycles. The van der Waals surface area contributed by atoms with Crippen molar-refractivity contribution in [3.63, 3.8) is 0 Å². The molecule has 4 heteroatoms. The zero-order valence-electron chi connectivity index (χ0n) is 39.8. The van der Waals surface area contributed by atoms with Crippen LogP contribution in [0.4, 0.5) is 34.3 Å². The van der Waals surface area contributed by atoms with Gasteiger partial charge in [-0.2, -0.15) is 0 Å². The fourth-order valence-corrected chi connectivity index (χ4v) is 10.6. The van der Waals surface area contributed by atoms with Crippen LogP contribution >= 0.6 is 0 Å². The molecule has 66 heavy (non-hydrogen) atoms. The standard InChI is InChI=1S/C62H58BN3/c1-60(2,3)43-28-33-47(34-29-43)64-54-37-32-45(62(7,8)9)40-52(54)63-57-51-26-18-19-27-53(51)65(46-22-14-11-15-23-46)59(57)66(48-35-30-44(31-36-48)61(4,5)6)56-39-42(38-55(64)58(56)63)50-25-17-16-24-49(50)41-20-12-10-13-21-41/h10-40H,1-9H3. The van der Waals surface area contributed by atoms with E-state index in [4.69, 9.17) is 0 Å². The van der Waals surface area contributed by atoms with Gasteiger partial charge in [-0.1, -0.05) is 190 Å². The van der Waals surface area contributed by atoms with Gasteiger partial charge in [0.1, 0.15) is 5.82 Å². The van der Waals surface area contributed by atoms with Crippen LogP contribution in [0, 0.1) is 0 Å². The Morgan fingerprint density at radius 1 is 0.364 bits per heavy atom. The highest BCUT2D eigenvalue weighted by molar-refractivity contribution is 7.01. The summed E-state index contributed by atoms with van der Waals surface area (Å²) in [5.74, 6) is 1.18. The molecule has 11 rings (SSSR count). The van der Waals surface area contributed by atoms with Crippen molar-refractivity contribution >= 4 is 68.3 Å². The summed E-state index contributed by atoms with van der Waals surface area (Å²) >= 11 is 0. The molecule has 0 amide bonds. The molecule has 9 aromatic rings. The number of anilines is 6. The summed E-state index contributed by atoms with van der Waals surface area (Å²) in [5.41, 5.74) is 20.9. The van der Waals surface area contributed by atoms with Gasteiger partial charge in [-0.3, -0.25) is 9.47 Å². The van der Waals surface area contributed by atoms with Crippen LogP contribution in [-0.4, -0.2) is 11.3 Å². The summed E-state index contributed by atoms with van der Waals surface area (Å²) in [5, 5.41) is 1.27. The topological polar surface area (TPSA) is 11.4 Å². The Kier molecular flexibility index (Phi) is 9.64. The van der Waals surface area contributed by atoms with Crippen molar-refractivity contribution < 1.29 is 0 Å². The first-order valence-corrected chi connectivity index (χ1v) is 23.6. The highest BCUT2D eigenvalue weighted by Crippen LogP contribution is 2.49. The van der Waals surface area contributed by atoms with Gasteiger partial charge in [-0.15, -0.1) is 0 Å². The first kappa shape index (κ1) is 41.7. The van der Waals surface area contributed by atoms with E-state index in [1.54, 1.807) is 0 Å². The molecule has 8 aromatic carbocycles. The number of hydrogen-bond acceptors (Lipinski definition) is 2. The normalized spacial score (nSPS) is 13.4. The van der Waals surface area contributed by atoms with Crippen LogP contribution in [0.15, 0.2) is 188 Å². The summed E-state index contributed by atoms with van der Waals surface area (Å²) in [6.07, 6.45) is 0. The molecule has 0 aliphatic carbocycles. The molecule has 324 valence electrons. The van der Waals surface area contributed by atoms with Crippen molar-refractivity contribution in [3.8, 4) is 27.9 Å². The smallest absolute Gasteiger partial charge is 0.255 e. The summed E-state index contributed by atoms with van der Waals surface area (Å²) in [6.45, 7) is 20.8. The second-order valence-electron chi connectivity index (χ2n) is 21.5. The molecule has 1 aromatic heterocycles. The second kappa shape index (κ2) is 15.3. The Labute approximate surface area is 392 Å². The summed E-state index contributed by atoms with van der Waals surface area (Å²) in [6, 6.07) is 70.9. The van der Waals surface area contributed by atoms with Crippen LogP contribution in [0.5, 0.6) is 0 Å². The Bertz CT molecular complexity index is 3290. The lowest BCUT2D eigenvalue weighted by atomic mass is 9.33. The van der Waals surface area contributed by atoms with Gasteiger partial charge in [0.2, 0.25) is 0 Å². The van der Waals surface area contributed by atoms with Gasteiger partial charge in [0.05, 0.1) is 5.52 Å². The van der Waals surface area contributed by atoms with Crippen LogP contribution in [-0.2, 0) is 16.2 Å². The van der Waals surface area contributed by atoms with Gasteiger partial charge < -0.3 is 4.90 Å². The van der Waals surface area contributed by atoms with Crippen molar-refractivity contribution in [2.45, 2.75) is 78.6 Å². The molecule has 0 spiro atoms. The highest BCUT2D eigenvalue weighted by Gasteiger charge is 2.47. The van der Waals surface area contributed by atoms with Gasteiger partial charge >= 0.3 is 0 Å². The molecule has 0 fully saturated rings. The number of para-hydroxylation sites is 2. The average molecular weight is 856 g/mol. The average Bonchev–Trinajstić information content (AvgIpc) is 3.65. The quantitative estimate of drug-likeness (QED) is 0.160. The summed E-state index contributed by atoms with van der Waals surface area (Å²) in [4.78, 5) is 5.17. The highest BCUT2D eigenvalue weighted by atomic mass is 15.3. The Balaban J connectivity index is 1.32. The lowest BCUT2D eigenvalue weighted by molar-refractivity contribution is 0.590. The van der Waals surface area contributed by atoms with Crippen molar-refractivity contribution in [2.75, 3.05) is 9.80 Å². The monoisotopic (exact) mass is 855 g/mol. The largest absolute Gasteiger partial charge is 0.311 e. The third-order valence-electron chi connectivity index (χ3n) is 14.1. The molecular weight excluding hydrogens is 798 g/mol. The van der Waals surface area contributed by atoms with Gasteiger partial charge in [0, 0.05) is 34.1 Å². The van der Waals surface area contributed by atoms with Crippen LogP contribution < -0.4 is 26.2 Å². The molecule has 0 N–H and O–H groups in total. The first-order chi connectivity index (χ1) is 31.7. The van der Waals surface area contributed by atoms with E-state index in [1.165, 1.54) is 89.1 Å². The Morgan fingerprint density at radius 2 is 0.848 bits per heavy atom. The molecule has 3 nitrogen and oxygen atoms in total. The third-order valence-corrected chi connectivity index (χ3v) is 14.1. The van der Waals surface area contributed by atoms with Gasteiger partial charge in [0.15, 0.2) is 0 Å². The molecule has 0 bridgehead atoms. The first-order valence-electron chi connectivity index (χ1n) is 23.6. The number of hydrogen-bond donors (Lipinski definition) is 0. The molecule has 0 unspecified atom stereocenters. The maximum Gasteiger partial charge on any atom is 0.255 e. The van der Waals surface area contributed by atoms with Crippen molar-refractivity contribution in [1.29, 1.82) is 0 Å². The van der Waals surface area contributed by atoms with E-state index in [0.29, 0.717) is 0 Å². The maximum atomic E-state index is 2.60. The number of rotatable bonds is 5. The predicted octanol–water partition coefficient (Wildman–Crippen LogP) is 14.9. The molecule has 0 atom stereocenters. The number of nitrogens with zero attached hydrogens (tertiary/aromatic N) is 3. The van der Waals surface area contributed by atoms with E-state index < -0.39 is 0 Å². The number of aromatic nitrogens is 1. The van der Waals surface area contributed by atoms with Crippen molar-refractivity contribution in [2.24, 2.45) is 0 Å². The Morgan fingerprint density at radius 3 is 1.44 bits per heavy atom. The minimum absolute atomic E-state index is 0.00730. The van der Waals surface area contributed by atoms with Crippen LogP contribution in [0.1, 0.15) is 79.0 Å². The van der Waals surface area contributed by atoms with Crippen LogP contribution in [0.3, 0.4) is 0 Å². The number of fused-ring (bicyclic) bond motifs is 6. The van der Waals surface area contributed by atoms with E-state index in [2.05, 4.69) is 265 Å². The second-order valence-corrected chi connectivity index (χ2v) is 21.5. The van der Waals surface area contributed by atoms with E-state index >= 15 is 0 Å². The zero-order valence-corrected chi connectivity index (χ0v) is 39.8. The molecule has 2 aliphatic rings. The molecule has 3 heterocycles. The zero-order chi connectivity index (χ0) is 45.7. The van der Waals surface area contributed by atoms with Crippen molar-refractivity contribution in [1.82, 2.24) is 4.57 Å². The third kappa shape index (κ3) is 6.80. The Hall–Kier alpha value is -7.04. The van der Waals surface area contributed by atoms with E-state index in [-0.39, 0.29) is 23.0 Å². The van der Waals surface area contributed by atoms with Crippen LogP contribution in [0.2, 0.25) is 0 Å². The lowest BCUT2D eigenvalue weighted by Gasteiger charge is -2.44. The van der Waals surface area contributed by atoms with Gasteiger partial charge in [-0.25, -0.2) is 0 Å². The fraction of sp³-hybridized carbons (Fsp3) is 0.194. The number of benzene rings is 8. The van der Waals surface area contributed by atoms with Crippen LogP contribution in [0.25, 0.3) is 38.8 Å². The van der Waals surface area contributed by atoms with Gasteiger partial charge in [-0.05, 0) is 138 Å². The molecule has 2 aliphatic heterocycles. The molecule has 0 saturated carbocycles. The summed E-state index contributed by atoms with van der Waals surface area (Å²) < 4.78 is 2.53. The minimum Gasteiger partial charge on any atom is -0.311 e. The van der Waals surface area contributed by atoms with Crippen molar-refractivity contribution in [3.05, 3.63) is 205 Å². The summed E-state index contributed by atoms with van der Waals surface area (Å²) in [7, 11) is 0. The lowest BCUT2D eigenvalue weighted by Crippen LogP contribution is -2.61. The van der Waals surface area contributed by atoms with Gasteiger partial charge in [0.25, 0.3) is 6.71 Å². The fourth-order valence-electron chi connectivity index (χ4n) is 10.6. The SMILES string of the molecule is CC(C)(C)c1ccc(N2c3ccc(C(C)(C)C)cc3B3c4c2cc(-c2ccccc2-c2ccccc2)cc4N(c2ccc(C(C)(C)C)cc2)c2c3c3ccccc3n2-c2ccccc2)cc1. The predicted molar refractivity (Wildman–Crippen MR) is 284 cm³/mol. The maximum absolute atomic E-state index is 2.60. The van der Waals surface area contributed by atoms with E-state index in [0.717, 1.165) is 17.1 Å². The molecule has 0 radical (unpaired) electrons. The van der Waals surface area contributed by atoms with E-state index in [9.17, 15) is 0 Å².